The van der Waals surface area contributed by atoms with E-state index in [1.807, 2.05) is 12.1 Å². The van der Waals surface area contributed by atoms with Gasteiger partial charge in [-0.15, -0.1) is 10.2 Å². The molecule has 0 unspecified atom stereocenters. The van der Waals surface area contributed by atoms with E-state index in [1.165, 1.54) is 0 Å². The Morgan fingerprint density at radius 3 is 2.53 bits per heavy atom. The van der Waals surface area contributed by atoms with Gasteiger partial charge in [0, 0.05) is 12.1 Å². The summed E-state index contributed by atoms with van der Waals surface area (Å²) in [5, 5.41) is 10.2. The maximum Gasteiger partial charge on any atom is 0.164 e. The van der Waals surface area contributed by atoms with Crippen LogP contribution in [0.2, 0.25) is 10.0 Å². The molecule has 3 nitrogen and oxygen atoms in total. The van der Waals surface area contributed by atoms with Crippen molar-refractivity contribution < 1.29 is 0 Å². The van der Waals surface area contributed by atoms with Crippen molar-refractivity contribution in [3.8, 4) is 11.4 Å². The van der Waals surface area contributed by atoms with Gasteiger partial charge in [0.2, 0.25) is 0 Å². The monoisotopic (exact) mass is 361 g/mol. The number of rotatable bonds is 4. The van der Waals surface area contributed by atoms with Crippen LogP contribution in [-0.2, 0) is 11.9 Å². The summed E-state index contributed by atoms with van der Waals surface area (Å²) in [5.74, 6) is 2.24. The van der Waals surface area contributed by atoms with E-state index in [-0.39, 0.29) is 0 Å². The van der Waals surface area contributed by atoms with Gasteiger partial charge in [-0.05, 0) is 24.1 Å². The zero-order chi connectivity index (χ0) is 14.0. The maximum atomic E-state index is 6.06. The van der Waals surface area contributed by atoms with Crippen LogP contribution in [0.1, 0.15) is 19.7 Å². The normalized spacial score (nSPS) is 11.3. The molecule has 2 rings (SSSR count). The van der Waals surface area contributed by atoms with E-state index >= 15 is 0 Å². The Bertz CT molecular complexity index is 581. The minimum absolute atomic E-state index is 0.510. The van der Waals surface area contributed by atoms with Gasteiger partial charge in [0.05, 0.1) is 15.4 Å². The molecule has 0 fully saturated rings. The molecule has 19 heavy (non-hydrogen) atoms. The first kappa shape index (κ1) is 14.8. The van der Waals surface area contributed by atoms with Crippen LogP contribution < -0.4 is 0 Å². The number of benzene rings is 1. The van der Waals surface area contributed by atoms with Crippen molar-refractivity contribution in [1.82, 2.24) is 14.8 Å². The SMILES string of the molecule is CC(C)Cn1c(CBr)nnc1-c1ccc(Cl)c(Cl)c1. The first-order valence-electron chi connectivity index (χ1n) is 5.96. The lowest BCUT2D eigenvalue weighted by atomic mass is 10.2. The van der Waals surface area contributed by atoms with Gasteiger partial charge >= 0.3 is 0 Å². The molecular weight excluding hydrogens is 349 g/mol. The molecule has 0 amide bonds. The summed E-state index contributed by atoms with van der Waals surface area (Å²) >= 11 is 15.4. The lowest BCUT2D eigenvalue weighted by molar-refractivity contribution is 0.516. The van der Waals surface area contributed by atoms with Gasteiger partial charge in [0.25, 0.3) is 0 Å². The highest BCUT2D eigenvalue weighted by atomic mass is 79.9. The molecule has 0 aliphatic carbocycles. The van der Waals surface area contributed by atoms with E-state index in [1.54, 1.807) is 6.07 Å². The molecule has 0 spiro atoms. The van der Waals surface area contributed by atoms with Crippen molar-refractivity contribution in [2.45, 2.75) is 25.7 Å². The fraction of sp³-hybridized carbons (Fsp3) is 0.385. The van der Waals surface area contributed by atoms with Gasteiger partial charge in [0.15, 0.2) is 5.82 Å². The van der Waals surface area contributed by atoms with E-state index in [0.717, 1.165) is 23.8 Å². The number of hydrogen-bond acceptors (Lipinski definition) is 2. The standard InChI is InChI=1S/C13H14BrCl2N3/c1-8(2)7-19-12(6-14)17-18-13(19)9-3-4-10(15)11(16)5-9/h3-5,8H,6-7H2,1-2H3. The Labute approximate surface area is 131 Å². The molecule has 0 radical (unpaired) electrons. The van der Waals surface area contributed by atoms with Gasteiger partial charge in [-0.3, -0.25) is 0 Å². The number of hydrogen-bond donors (Lipinski definition) is 0. The molecule has 1 heterocycles. The Morgan fingerprint density at radius 1 is 1.21 bits per heavy atom. The Morgan fingerprint density at radius 2 is 1.95 bits per heavy atom. The zero-order valence-corrected chi connectivity index (χ0v) is 13.8. The van der Waals surface area contributed by atoms with Crippen LogP contribution >= 0.6 is 39.1 Å². The molecule has 2 aromatic rings. The number of aromatic nitrogens is 3. The minimum atomic E-state index is 0.510. The second kappa shape index (κ2) is 6.25. The average molecular weight is 363 g/mol. The van der Waals surface area contributed by atoms with Gasteiger partial charge in [-0.2, -0.15) is 0 Å². The fourth-order valence-corrected chi connectivity index (χ4v) is 2.55. The third kappa shape index (κ3) is 3.30. The van der Waals surface area contributed by atoms with Crippen molar-refractivity contribution in [2.75, 3.05) is 0 Å². The number of nitrogens with zero attached hydrogens (tertiary/aromatic N) is 3. The molecule has 6 heteroatoms. The van der Waals surface area contributed by atoms with Crippen molar-refractivity contribution in [3.05, 3.63) is 34.1 Å². The first-order valence-corrected chi connectivity index (χ1v) is 7.84. The second-order valence-corrected chi connectivity index (χ2v) is 6.08. The van der Waals surface area contributed by atoms with Crippen LogP contribution in [0.15, 0.2) is 18.2 Å². The summed E-state index contributed by atoms with van der Waals surface area (Å²) in [7, 11) is 0. The van der Waals surface area contributed by atoms with Gasteiger partial charge in [-0.25, -0.2) is 0 Å². The molecule has 0 atom stereocenters. The predicted molar refractivity (Wildman–Crippen MR) is 82.9 cm³/mol. The molecule has 0 saturated carbocycles. The van der Waals surface area contributed by atoms with Crippen LogP contribution in [0.25, 0.3) is 11.4 Å². The summed E-state index contributed by atoms with van der Waals surface area (Å²) in [6.07, 6.45) is 0. The Hall–Kier alpha value is -0.580. The summed E-state index contributed by atoms with van der Waals surface area (Å²) in [5.41, 5.74) is 0.926. The molecule has 0 bridgehead atoms. The smallest absolute Gasteiger partial charge is 0.164 e. The summed E-state index contributed by atoms with van der Waals surface area (Å²) in [6.45, 7) is 5.19. The quantitative estimate of drug-likeness (QED) is 0.731. The van der Waals surface area contributed by atoms with E-state index < -0.39 is 0 Å². The lowest BCUT2D eigenvalue weighted by Gasteiger charge is -2.12. The number of alkyl halides is 1. The van der Waals surface area contributed by atoms with Gasteiger partial charge in [-0.1, -0.05) is 53.0 Å². The van der Waals surface area contributed by atoms with Crippen molar-refractivity contribution in [1.29, 1.82) is 0 Å². The van der Waals surface area contributed by atoms with Gasteiger partial charge < -0.3 is 4.57 Å². The minimum Gasteiger partial charge on any atom is -0.310 e. The van der Waals surface area contributed by atoms with E-state index in [0.29, 0.717) is 21.3 Å². The third-order valence-corrected chi connectivity index (χ3v) is 3.91. The molecular formula is C13H14BrCl2N3. The van der Waals surface area contributed by atoms with Crippen LogP contribution in [0, 0.1) is 5.92 Å². The second-order valence-electron chi connectivity index (χ2n) is 4.71. The molecule has 0 aliphatic heterocycles. The highest BCUT2D eigenvalue weighted by Gasteiger charge is 2.14. The van der Waals surface area contributed by atoms with Crippen LogP contribution in [0.4, 0.5) is 0 Å². The zero-order valence-electron chi connectivity index (χ0n) is 10.7. The summed E-state index contributed by atoms with van der Waals surface area (Å²) < 4.78 is 2.11. The van der Waals surface area contributed by atoms with E-state index in [4.69, 9.17) is 23.2 Å². The molecule has 102 valence electrons. The van der Waals surface area contributed by atoms with Crippen LogP contribution in [0.5, 0.6) is 0 Å². The van der Waals surface area contributed by atoms with Crippen molar-refractivity contribution in [2.24, 2.45) is 5.92 Å². The van der Waals surface area contributed by atoms with Crippen LogP contribution in [-0.4, -0.2) is 14.8 Å². The highest BCUT2D eigenvalue weighted by molar-refractivity contribution is 9.08. The van der Waals surface area contributed by atoms with Crippen LogP contribution in [0.3, 0.4) is 0 Å². The van der Waals surface area contributed by atoms with Gasteiger partial charge in [0.1, 0.15) is 5.82 Å². The average Bonchev–Trinajstić information content (AvgIpc) is 2.75. The van der Waals surface area contributed by atoms with E-state index in [9.17, 15) is 0 Å². The topological polar surface area (TPSA) is 30.7 Å². The van der Waals surface area contributed by atoms with E-state index in [2.05, 4.69) is 44.5 Å². The largest absolute Gasteiger partial charge is 0.310 e. The summed E-state index contributed by atoms with van der Waals surface area (Å²) in [4.78, 5) is 0. The lowest BCUT2D eigenvalue weighted by Crippen LogP contribution is -2.09. The highest BCUT2D eigenvalue weighted by Crippen LogP contribution is 2.28. The molecule has 1 aromatic heterocycles. The first-order chi connectivity index (χ1) is 9.02. The molecule has 0 aliphatic rings. The molecule has 0 saturated heterocycles. The van der Waals surface area contributed by atoms with Crippen molar-refractivity contribution >= 4 is 39.1 Å². The Kier molecular flexibility index (Phi) is 4.87. The predicted octanol–water partition coefficient (Wildman–Crippen LogP) is 4.80. The molecule has 0 N–H and O–H groups in total. The maximum absolute atomic E-state index is 6.06. The molecule has 1 aromatic carbocycles. The Balaban J connectivity index is 2.48. The summed E-state index contributed by atoms with van der Waals surface area (Å²) in [6, 6.07) is 5.51. The fourth-order valence-electron chi connectivity index (χ4n) is 1.84. The third-order valence-electron chi connectivity index (χ3n) is 2.67. The van der Waals surface area contributed by atoms with Crippen molar-refractivity contribution in [3.63, 3.8) is 0 Å². The number of halogens is 3.